The highest BCUT2D eigenvalue weighted by Gasteiger charge is 2.35. The zero-order chi connectivity index (χ0) is 14.1. The summed E-state index contributed by atoms with van der Waals surface area (Å²) < 4.78 is 18.4. The number of hydrogen-bond donors (Lipinski definition) is 0. The molecule has 2 aliphatic rings. The summed E-state index contributed by atoms with van der Waals surface area (Å²) >= 11 is 0. The maximum absolute atomic E-state index is 13.2. The molecule has 0 N–H and O–H groups in total. The molecule has 1 aromatic carbocycles. The van der Waals surface area contributed by atoms with E-state index in [1.165, 1.54) is 17.0 Å². The van der Waals surface area contributed by atoms with Gasteiger partial charge in [-0.25, -0.2) is 4.39 Å². The van der Waals surface area contributed by atoms with Crippen LogP contribution in [0.5, 0.6) is 0 Å². The number of carbonyl (C=O) groups excluding carboxylic acids is 2. The first-order valence-corrected chi connectivity index (χ1v) is 6.62. The number of morpholine rings is 1. The van der Waals surface area contributed by atoms with Crippen LogP contribution in [-0.2, 0) is 9.53 Å². The van der Waals surface area contributed by atoms with Crippen LogP contribution in [0.1, 0.15) is 10.4 Å². The molecule has 0 bridgehead atoms. The molecule has 2 aliphatic heterocycles. The molecule has 1 fully saturated rings. The Morgan fingerprint density at radius 3 is 2.65 bits per heavy atom. The molecule has 1 saturated heterocycles. The second-order valence-electron chi connectivity index (χ2n) is 4.90. The SMILES string of the molecule is O=C1C(=O)N(CCN2CCOCC2)c2ccc(F)cc21. The zero-order valence-corrected chi connectivity index (χ0v) is 11.0. The molecule has 0 aromatic heterocycles. The molecule has 2 heterocycles. The summed E-state index contributed by atoms with van der Waals surface area (Å²) in [6.45, 7) is 4.14. The Morgan fingerprint density at radius 2 is 1.90 bits per heavy atom. The average Bonchev–Trinajstić information content (AvgIpc) is 2.70. The summed E-state index contributed by atoms with van der Waals surface area (Å²) in [7, 11) is 0. The van der Waals surface area contributed by atoms with Crippen LogP contribution in [0.25, 0.3) is 0 Å². The minimum Gasteiger partial charge on any atom is -0.379 e. The van der Waals surface area contributed by atoms with E-state index in [2.05, 4.69) is 4.90 Å². The van der Waals surface area contributed by atoms with Crippen molar-refractivity contribution < 1.29 is 18.7 Å². The molecule has 1 amide bonds. The fourth-order valence-corrected chi connectivity index (χ4v) is 2.56. The van der Waals surface area contributed by atoms with E-state index in [1.54, 1.807) is 0 Å². The lowest BCUT2D eigenvalue weighted by molar-refractivity contribution is -0.114. The van der Waals surface area contributed by atoms with Gasteiger partial charge in [-0.15, -0.1) is 0 Å². The summed E-state index contributed by atoms with van der Waals surface area (Å²) in [4.78, 5) is 27.4. The van der Waals surface area contributed by atoms with Gasteiger partial charge in [0.25, 0.3) is 11.7 Å². The van der Waals surface area contributed by atoms with Gasteiger partial charge in [-0.1, -0.05) is 0 Å². The van der Waals surface area contributed by atoms with Crippen LogP contribution >= 0.6 is 0 Å². The van der Waals surface area contributed by atoms with Gasteiger partial charge in [0.15, 0.2) is 0 Å². The largest absolute Gasteiger partial charge is 0.379 e. The summed E-state index contributed by atoms with van der Waals surface area (Å²) in [6, 6.07) is 3.89. The minimum atomic E-state index is -0.624. The molecule has 3 rings (SSSR count). The van der Waals surface area contributed by atoms with E-state index < -0.39 is 17.5 Å². The van der Waals surface area contributed by atoms with E-state index in [0.717, 1.165) is 19.2 Å². The number of fused-ring (bicyclic) bond motifs is 1. The van der Waals surface area contributed by atoms with Crippen molar-refractivity contribution in [2.24, 2.45) is 0 Å². The summed E-state index contributed by atoms with van der Waals surface area (Å²) in [5.74, 6) is -1.69. The van der Waals surface area contributed by atoms with E-state index >= 15 is 0 Å². The van der Waals surface area contributed by atoms with Crippen LogP contribution in [0.15, 0.2) is 18.2 Å². The Labute approximate surface area is 115 Å². The van der Waals surface area contributed by atoms with Gasteiger partial charge in [0.05, 0.1) is 24.5 Å². The summed E-state index contributed by atoms with van der Waals surface area (Å²) in [5.41, 5.74) is 0.673. The zero-order valence-electron chi connectivity index (χ0n) is 11.0. The Balaban J connectivity index is 1.74. The van der Waals surface area contributed by atoms with Crippen LogP contribution in [-0.4, -0.2) is 56.0 Å². The number of nitrogens with zero attached hydrogens (tertiary/aromatic N) is 2. The normalized spacial score (nSPS) is 19.6. The van der Waals surface area contributed by atoms with Crippen molar-refractivity contribution in [1.29, 1.82) is 0 Å². The van der Waals surface area contributed by atoms with Crippen LogP contribution in [0.2, 0.25) is 0 Å². The van der Waals surface area contributed by atoms with Crippen molar-refractivity contribution in [3.8, 4) is 0 Å². The fourth-order valence-electron chi connectivity index (χ4n) is 2.56. The third kappa shape index (κ3) is 2.32. The van der Waals surface area contributed by atoms with Crippen molar-refractivity contribution >= 4 is 17.4 Å². The number of ether oxygens (including phenoxy) is 1. The number of halogens is 1. The van der Waals surface area contributed by atoms with Gasteiger partial charge in [-0.2, -0.15) is 0 Å². The van der Waals surface area contributed by atoms with Crippen molar-refractivity contribution in [3.05, 3.63) is 29.6 Å². The first-order valence-electron chi connectivity index (χ1n) is 6.62. The number of Topliss-reactive ketones (excluding diaryl/α,β-unsaturated/α-hetero) is 1. The van der Waals surface area contributed by atoms with E-state index in [4.69, 9.17) is 4.74 Å². The predicted molar refractivity (Wildman–Crippen MR) is 70.3 cm³/mol. The highest BCUT2D eigenvalue weighted by Crippen LogP contribution is 2.29. The van der Waals surface area contributed by atoms with Gasteiger partial charge in [0.1, 0.15) is 5.82 Å². The number of anilines is 1. The van der Waals surface area contributed by atoms with Gasteiger partial charge in [-0.05, 0) is 18.2 Å². The molecule has 20 heavy (non-hydrogen) atoms. The Morgan fingerprint density at radius 1 is 1.15 bits per heavy atom. The van der Waals surface area contributed by atoms with Crippen LogP contribution in [0.3, 0.4) is 0 Å². The van der Waals surface area contributed by atoms with Crippen LogP contribution < -0.4 is 4.90 Å². The third-order valence-corrected chi connectivity index (χ3v) is 3.68. The Hall–Kier alpha value is -1.79. The van der Waals surface area contributed by atoms with Gasteiger partial charge in [-0.3, -0.25) is 14.5 Å². The first kappa shape index (κ1) is 13.2. The fraction of sp³-hybridized carbons (Fsp3) is 0.429. The number of rotatable bonds is 3. The van der Waals surface area contributed by atoms with Crippen molar-refractivity contribution in [3.63, 3.8) is 0 Å². The highest BCUT2D eigenvalue weighted by atomic mass is 19.1. The number of carbonyl (C=O) groups is 2. The minimum absolute atomic E-state index is 0.164. The van der Waals surface area contributed by atoms with E-state index in [-0.39, 0.29) is 5.56 Å². The smallest absolute Gasteiger partial charge is 0.299 e. The topological polar surface area (TPSA) is 49.9 Å². The van der Waals surface area contributed by atoms with Crippen LogP contribution in [0, 0.1) is 5.82 Å². The van der Waals surface area contributed by atoms with E-state index in [0.29, 0.717) is 32.0 Å². The highest BCUT2D eigenvalue weighted by molar-refractivity contribution is 6.52. The van der Waals surface area contributed by atoms with E-state index in [9.17, 15) is 14.0 Å². The lowest BCUT2D eigenvalue weighted by atomic mass is 10.1. The van der Waals surface area contributed by atoms with Gasteiger partial charge in [0.2, 0.25) is 0 Å². The maximum atomic E-state index is 13.2. The number of amides is 1. The molecular formula is C14H15FN2O3. The molecule has 0 unspecified atom stereocenters. The Bertz CT molecular complexity index is 555. The van der Waals surface area contributed by atoms with Crippen LogP contribution in [0.4, 0.5) is 10.1 Å². The average molecular weight is 278 g/mol. The van der Waals surface area contributed by atoms with Gasteiger partial charge >= 0.3 is 0 Å². The molecule has 0 saturated carbocycles. The van der Waals surface area contributed by atoms with Crippen molar-refractivity contribution in [2.45, 2.75) is 0 Å². The standard InChI is InChI=1S/C14H15FN2O3/c15-10-1-2-12-11(9-10)13(18)14(19)17(12)4-3-16-5-7-20-8-6-16/h1-2,9H,3-8H2. The second-order valence-corrected chi connectivity index (χ2v) is 4.90. The molecule has 0 atom stereocenters. The van der Waals surface area contributed by atoms with Crippen molar-refractivity contribution in [1.82, 2.24) is 4.90 Å². The second kappa shape index (κ2) is 5.30. The first-order chi connectivity index (χ1) is 9.66. The molecule has 0 radical (unpaired) electrons. The third-order valence-electron chi connectivity index (χ3n) is 3.68. The number of hydrogen-bond acceptors (Lipinski definition) is 4. The predicted octanol–water partition coefficient (Wildman–Crippen LogP) is 0.687. The maximum Gasteiger partial charge on any atom is 0.299 e. The lowest BCUT2D eigenvalue weighted by Gasteiger charge is -2.28. The monoisotopic (exact) mass is 278 g/mol. The molecule has 106 valence electrons. The van der Waals surface area contributed by atoms with Gasteiger partial charge in [0, 0.05) is 26.2 Å². The van der Waals surface area contributed by atoms with Crippen molar-refractivity contribution in [2.75, 3.05) is 44.3 Å². The molecule has 0 aliphatic carbocycles. The summed E-state index contributed by atoms with van der Waals surface area (Å²) in [6.07, 6.45) is 0. The molecular weight excluding hydrogens is 263 g/mol. The number of ketones is 1. The molecule has 0 spiro atoms. The molecule has 1 aromatic rings. The molecule has 6 heteroatoms. The number of benzene rings is 1. The molecule has 5 nitrogen and oxygen atoms in total. The quantitative estimate of drug-likeness (QED) is 0.763. The lowest BCUT2D eigenvalue weighted by Crippen LogP contribution is -2.42. The van der Waals surface area contributed by atoms with Gasteiger partial charge < -0.3 is 9.64 Å². The van der Waals surface area contributed by atoms with E-state index in [1.807, 2.05) is 0 Å². The summed E-state index contributed by atoms with van der Waals surface area (Å²) in [5, 5.41) is 0. The Kier molecular flexibility index (Phi) is 3.50.